The molecule has 0 radical (unpaired) electrons. The number of carbonyl (C=O) groups is 1. The molecule has 2 heterocycles. The summed E-state index contributed by atoms with van der Waals surface area (Å²) in [5.74, 6) is -3.62. The van der Waals surface area contributed by atoms with Crippen molar-refractivity contribution in [1.82, 2.24) is 14.5 Å². The molecule has 10 heteroatoms. The maximum Gasteiger partial charge on any atom is 0.399 e. The topological polar surface area (TPSA) is 94.0 Å². The SMILES string of the molecule is NC(=O)c1ccc2c(c1)nc(C(C1CCC(c3ccnc4ccc(F)cc34)CC1)C(F)(F)F)n2C1CC(O)C1. The lowest BCUT2D eigenvalue weighted by atomic mass is 9.72. The van der Waals surface area contributed by atoms with Crippen molar-refractivity contribution in [2.24, 2.45) is 11.7 Å². The lowest BCUT2D eigenvalue weighted by Crippen LogP contribution is -2.37. The lowest BCUT2D eigenvalue weighted by Gasteiger charge is -2.38. The molecule has 39 heavy (non-hydrogen) atoms. The molecule has 1 amide bonds. The van der Waals surface area contributed by atoms with Crippen LogP contribution >= 0.6 is 0 Å². The van der Waals surface area contributed by atoms with E-state index in [0.717, 1.165) is 5.56 Å². The van der Waals surface area contributed by atoms with Crippen LogP contribution in [-0.4, -0.2) is 37.8 Å². The van der Waals surface area contributed by atoms with E-state index in [-0.39, 0.29) is 34.7 Å². The van der Waals surface area contributed by atoms with Crippen LogP contribution < -0.4 is 5.73 Å². The highest BCUT2D eigenvalue weighted by molar-refractivity contribution is 5.96. The molecule has 2 aliphatic rings. The average molecular weight is 541 g/mol. The largest absolute Gasteiger partial charge is 0.399 e. The number of pyridine rings is 1. The minimum Gasteiger partial charge on any atom is -0.393 e. The number of hydrogen-bond donors (Lipinski definition) is 2. The van der Waals surface area contributed by atoms with Gasteiger partial charge >= 0.3 is 6.18 Å². The van der Waals surface area contributed by atoms with Crippen molar-refractivity contribution in [3.63, 3.8) is 0 Å². The summed E-state index contributed by atoms with van der Waals surface area (Å²) in [7, 11) is 0. The Balaban J connectivity index is 1.35. The third kappa shape index (κ3) is 4.64. The number of amides is 1. The Bertz CT molecular complexity index is 1550. The summed E-state index contributed by atoms with van der Waals surface area (Å²) in [5.41, 5.74) is 7.95. The Kier molecular flexibility index (Phi) is 6.32. The van der Waals surface area contributed by atoms with E-state index >= 15 is 0 Å². The summed E-state index contributed by atoms with van der Waals surface area (Å²) < 4.78 is 60.0. The first-order valence-corrected chi connectivity index (χ1v) is 13.2. The molecule has 2 aromatic heterocycles. The van der Waals surface area contributed by atoms with Gasteiger partial charge < -0.3 is 15.4 Å². The standard InChI is InChI=1S/C29H28F4N4O2/c30-18-6-7-23-22(12-18)21(9-10-35-23)15-1-3-16(4-2-15)26(29(31,32)33)28-36-24-11-17(27(34)39)5-8-25(24)37(28)19-13-20(38)14-19/h5-12,15-16,19-20,26,38H,1-4,13-14H2,(H2,34,39). The van der Waals surface area contributed by atoms with Crippen molar-refractivity contribution in [3.05, 3.63) is 71.4 Å². The van der Waals surface area contributed by atoms with Crippen LogP contribution in [-0.2, 0) is 0 Å². The van der Waals surface area contributed by atoms with Gasteiger partial charge in [-0.05, 0) is 98.4 Å². The van der Waals surface area contributed by atoms with Crippen LogP contribution in [0, 0.1) is 11.7 Å². The van der Waals surface area contributed by atoms with Gasteiger partial charge in [0.25, 0.3) is 0 Å². The van der Waals surface area contributed by atoms with E-state index in [0.29, 0.717) is 54.9 Å². The Labute approximate surface area is 221 Å². The molecule has 1 unspecified atom stereocenters. The van der Waals surface area contributed by atoms with Crippen LogP contribution in [0.2, 0.25) is 0 Å². The van der Waals surface area contributed by atoms with Crippen molar-refractivity contribution < 1.29 is 27.5 Å². The van der Waals surface area contributed by atoms with Crippen LogP contribution in [0.25, 0.3) is 21.9 Å². The lowest BCUT2D eigenvalue weighted by molar-refractivity contribution is -0.167. The molecular weight excluding hydrogens is 512 g/mol. The molecule has 204 valence electrons. The zero-order chi connectivity index (χ0) is 27.5. The number of rotatable bonds is 5. The molecule has 6 nitrogen and oxygen atoms in total. The van der Waals surface area contributed by atoms with Crippen LogP contribution in [0.1, 0.15) is 78.1 Å². The number of aliphatic hydroxyl groups is 1. The van der Waals surface area contributed by atoms with Crippen LogP contribution in [0.4, 0.5) is 17.6 Å². The van der Waals surface area contributed by atoms with Crippen LogP contribution in [0.3, 0.4) is 0 Å². The number of primary amides is 1. The Morgan fingerprint density at radius 2 is 1.77 bits per heavy atom. The van der Waals surface area contributed by atoms with E-state index in [1.807, 2.05) is 6.07 Å². The van der Waals surface area contributed by atoms with Gasteiger partial charge in [0.05, 0.1) is 22.7 Å². The summed E-state index contributed by atoms with van der Waals surface area (Å²) in [6, 6.07) is 10.5. The maximum atomic E-state index is 14.8. The van der Waals surface area contributed by atoms with Crippen LogP contribution in [0.5, 0.6) is 0 Å². The summed E-state index contributed by atoms with van der Waals surface area (Å²) in [6.45, 7) is 0. The van der Waals surface area contributed by atoms with Gasteiger partial charge in [-0.25, -0.2) is 9.37 Å². The number of alkyl halides is 3. The van der Waals surface area contributed by atoms with Crippen LogP contribution in [0.15, 0.2) is 48.7 Å². The molecule has 3 N–H and O–H groups in total. The fourth-order valence-corrected chi connectivity index (χ4v) is 6.53. The maximum absolute atomic E-state index is 14.8. The summed E-state index contributed by atoms with van der Waals surface area (Å²) in [5, 5.41) is 10.6. The molecule has 2 aliphatic carbocycles. The number of nitrogens with two attached hydrogens (primary N) is 1. The first-order valence-electron chi connectivity index (χ1n) is 13.2. The van der Waals surface area contributed by atoms with Crippen molar-refractivity contribution in [3.8, 4) is 0 Å². The first-order chi connectivity index (χ1) is 18.6. The predicted octanol–water partition coefficient (Wildman–Crippen LogP) is 6.14. The molecule has 0 saturated heterocycles. The van der Waals surface area contributed by atoms with Crippen molar-refractivity contribution in [2.45, 2.75) is 68.7 Å². The van der Waals surface area contributed by atoms with Gasteiger partial charge in [-0.15, -0.1) is 0 Å². The molecule has 0 aliphatic heterocycles. The normalized spacial score (nSPS) is 24.5. The summed E-state index contributed by atoms with van der Waals surface area (Å²) in [6.07, 6.45) is -1.03. The molecule has 1 atom stereocenters. The number of carbonyl (C=O) groups excluding carboxylic acids is 1. The Morgan fingerprint density at radius 3 is 2.44 bits per heavy atom. The number of nitrogens with zero attached hydrogens (tertiary/aromatic N) is 3. The molecule has 2 aromatic carbocycles. The molecule has 0 spiro atoms. The third-order valence-corrected chi connectivity index (χ3v) is 8.51. The average Bonchev–Trinajstić information content (AvgIpc) is 3.23. The molecule has 2 fully saturated rings. The number of aromatic nitrogens is 3. The van der Waals surface area contributed by atoms with E-state index in [2.05, 4.69) is 9.97 Å². The number of hydrogen-bond acceptors (Lipinski definition) is 4. The van der Waals surface area contributed by atoms with E-state index in [1.54, 1.807) is 22.9 Å². The van der Waals surface area contributed by atoms with Gasteiger partial charge in [-0.2, -0.15) is 13.2 Å². The minimum atomic E-state index is -4.54. The second kappa shape index (κ2) is 9.59. The third-order valence-electron chi connectivity index (χ3n) is 8.51. The second-order valence-electron chi connectivity index (χ2n) is 10.9. The smallest absolute Gasteiger partial charge is 0.393 e. The van der Waals surface area contributed by atoms with Crippen molar-refractivity contribution in [1.29, 1.82) is 0 Å². The van der Waals surface area contributed by atoms with Gasteiger partial charge in [0.1, 0.15) is 17.6 Å². The number of aliphatic hydroxyl groups excluding tert-OH is 1. The quantitative estimate of drug-likeness (QED) is 0.298. The number of fused-ring (bicyclic) bond motifs is 2. The van der Waals surface area contributed by atoms with Gasteiger partial charge in [0.2, 0.25) is 5.91 Å². The zero-order valence-corrected chi connectivity index (χ0v) is 21.0. The number of halogens is 4. The van der Waals surface area contributed by atoms with E-state index < -0.39 is 30.0 Å². The number of imidazole rings is 1. The molecule has 2 saturated carbocycles. The van der Waals surface area contributed by atoms with Gasteiger partial charge in [-0.3, -0.25) is 9.78 Å². The molecule has 4 aromatic rings. The Morgan fingerprint density at radius 1 is 1.03 bits per heavy atom. The predicted molar refractivity (Wildman–Crippen MR) is 138 cm³/mol. The monoisotopic (exact) mass is 540 g/mol. The van der Waals surface area contributed by atoms with Gasteiger partial charge in [-0.1, -0.05) is 0 Å². The van der Waals surface area contributed by atoms with E-state index in [9.17, 15) is 27.5 Å². The molecule has 6 rings (SSSR count). The van der Waals surface area contributed by atoms with E-state index in [1.165, 1.54) is 24.3 Å². The van der Waals surface area contributed by atoms with E-state index in [4.69, 9.17) is 5.73 Å². The van der Waals surface area contributed by atoms with Gasteiger partial charge in [0, 0.05) is 23.2 Å². The second-order valence-corrected chi connectivity index (χ2v) is 10.9. The fourth-order valence-electron chi connectivity index (χ4n) is 6.53. The number of benzene rings is 2. The van der Waals surface area contributed by atoms with Crippen molar-refractivity contribution in [2.75, 3.05) is 0 Å². The first kappa shape index (κ1) is 25.7. The minimum absolute atomic E-state index is 0.00107. The molecule has 0 bridgehead atoms. The Hall–Kier alpha value is -3.53. The van der Waals surface area contributed by atoms with Crippen molar-refractivity contribution >= 4 is 27.8 Å². The highest BCUT2D eigenvalue weighted by Crippen LogP contribution is 2.50. The zero-order valence-electron chi connectivity index (χ0n) is 21.0. The highest BCUT2D eigenvalue weighted by atomic mass is 19.4. The fraction of sp³-hybridized carbons (Fsp3) is 0.414. The van der Waals surface area contributed by atoms with Gasteiger partial charge in [0.15, 0.2) is 0 Å². The summed E-state index contributed by atoms with van der Waals surface area (Å²) >= 11 is 0. The highest BCUT2D eigenvalue weighted by Gasteiger charge is 2.50. The summed E-state index contributed by atoms with van der Waals surface area (Å²) in [4.78, 5) is 20.5. The molecular formula is C29H28F4N4O2.